The number of halogens is 1. The number of nitrogens with one attached hydrogen (secondary N) is 1. The molecule has 8 heteroatoms. The first-order valence-corrected chi connectivity index (χ1v) is 7.31. The Morgan fingerprint density at radius 3 is 2.86 bits per heavy atom. The van der Waals surface area contributed by atoms with E-state index < -0.39 is 18.0 Å². The van der Waals surface area contributed by atoms with Crippen molar-refractivity contribution in [3.8, 4) is 0 Å². The molecule has 22 heavy (non-hydrogen) atoms. The number of aliphatic hydroxyl groups is 1. The molecule has 1 amide bonds. The normalized spacial score (nSPS) is 24.7. The highest BCUT2D eigenvalue weighted by Gasteiger charge is 2.33. The second-order valence-electron chi connectivity index (χ2n) is 5.32. The minimum atomic E-state index is -0.577. The van der Waals surface area contributed by atoms with Gasteiger partial charge >= 0.3 is 6.09 Å². The monoisotopic (exact) mass is 325 g/mol. The number of hydrogen-bond acceptors (Lipinski definition) is 4. The SMILES string of the molecule is CN1C(=S)NCC1c1ccc(N2C[C@H](CO)OC2=O)cc1F. The lowest BCUT2D eigenvalue weighted by Gasteiger charge is -2.21. The van der Waals surface area contributed by atoms with Gasteiger partial charge in [0.25, 0.3) is 0 Å². The number of rotatable bonds is 3. The summed E-state index contributed by atoms with van der Waals surface area (Å²) < 4.78 is 19.4. The summed E-state index contributed by atoms with van der Waals surface area (Å²) in [5.74, 6) is -0.402. The molecule has 2 fully saturated rings. The van der Waals surface area contributed by atoms with Crippen molar-refractivity contribution >= 4 is 29.1 Å². The number of ether oxygens (including phenoxy) is 1. The zero-order chi connectivity index (χ0) is 15.9. The van der Waals surface area contributed by atoms with Gasteiger partial charge < -0.3 is 20.1 Å². The Balaban J connectivity index is 1.84. The first kappa shape index (κ1) is 15.0. The number of cyclic esters (lactones) is 1. The summed E-state index contributed by atoms with van der Waals surface area (Å²) in [5.41, 5.74) is 0.934. The van der Waals surface area contributed by atoms with E-state index >= 15 is 0 Å². The molecule has 1 aromatic rings. The van der Waals surface area contributed by atoms with E-state index in [9.17, 15) is 9.18 Å². The van der Waals surface area contributed by atoms with E-state index in [0.717, 1.165) is 0 Å². The van der Waals surface area contributed by atoms with E-state index in [4.69, 9.17) is 22.1 Å². The van der Waals surface area contributed by atoms with Gasteiger partial charge in [-0.25, -0.2) is 9.18 Å². The highest BCUT2D eigenvalue weighted by Crippen LogP contribution is 2.29. The number of carbonyl (C=O) groups excluding carboxylic acids is 1. The summed E-state index contributed by atoms with van der Waals surface area (Å²) in [5, 5.41) is 12.6. The third-order valence-electron chi connectivity index (χ3n) is 3.97. The second kappa shape index (κ2) is 5.69. The van der Waals surface area contributed by atoms with Crippen LogP contribution in [0.5, 0.6) is 0 Å². The van der Waals surface area contributed by atoms with Crippen molar-refractivity contribution in [3.63, 3.8) is 0 Å². The maximum Gasteiger partial charge on any atom is 0.414 e. The van der Waals surface area contributed by atoms with Gasteiger partial charge in [-0.15, -0.1) is 0 Å². The molecule has 6 nitrogen and oxygen atoms in total. The van der Waals surface area contributed by atoms with Gasteiger partial charge in [0, 0.05) is 19.2 Å². The molecular weight excluding hydrogens is 309 g/mol. The molecule has 0 saturated carbocycles. The van der Waals surface area contributed by atoms with E-state index in [0.29, 0.717) is 22.9 Å². The first-order valence-electron chi connectivity index (χ1n) is 6.90. The third kappa shape index (κ3) is 2.48. The van der Waals surface area contributed by atoms with E-state index in [1.165, 1.54) is 11.0 Å². The Kier molecular flexibility index (Phi) is 3.88. The Bertz CT molecular complexity index is 627. The molecule has 2 atom stereocenters. The van der Waals surface area contributed by atoms with E-state index in [1.54, 1.807) is 17.0 Å². The van der Waals surface area contributed by atoms with Crippen LogP contribution in [0, 0.1) is 5.82 Å². The van der Waals surface area contributed by atoms with Crippen LogP contribution in [0.4, 0.5) is 14.9 Å². The maximum absolute atomic E-state index is 14.4. The lowest BCUT2D eigenvalue weighted by molar-refractivity contribution is 0.0963. The zero-order valence-electron chi connectivity index (χ0n) is 12.0. The van der Waals surface area contributed by atoms with Crippen LogP contribution < -0.4 is 10.2 Å². The maximum atomic E-state index is 14.4. The predicted molar refractivity (Wildman–Crippen MR) is 82.2 cm³/mol. The van der Waals surface area contributed by atoms with Crippen molar-refractivity contribution in [2.45, 2.75) is 12.1 Å². The minimum absolute atomic E-state index is 0.169. The zero-order valence-corrected chi connectivity index (χ0v) is 12.8. The number of benzene rings is 1. The number of carbonyl (C=O) groups is 1. The Morgan fingerprint density at radius 1 is 1.55 bits per heavy atom. The van der Waals surface area contributed by atoms with Gasteiger partial charge in [0.1, 0.15) is 11.9 Å². The van der Waals surface area contributed by atoms with Crippen molar-refractivity contribution in [1.29, 1.82) is 0 Å². The molecule has 2 saturated heterocycles. The van der Waals surface area contributed by atoms with Gasteiger partial charge in [0.05, 0.1) is 24.9 Å². The first-order chi connectivity index (χ1) is 10.5. The average Bonchev–Trinajstić information content (AvgIpc) is 3.03. The van der Waals surface area contributed by atoms with Gasteiger partial charge in [-0.3, -0.25) is 4.90 Å². The molecule has 1 unspecified atom stereocenters. The summed E-state index contributed by atoms with van der Waals surface area (Å²) in [7, 11) is 1.81. The number of thiocarbonyl (C=S) groups is 1. The molecule has 0 spiro atoms. The molecule has 0 radical (unpaired) electrons. The second-order valence-corrected chi connectivity index (χ2v) is 5.70. The van der Waals surface area contributed by atoms with Crippen molar-refractivity contribution < 1.29 is 19.0 Å². The predicted octanol–water partition coefficient (Wildman–Crippen LogP) is 1.00. The summed E-state index contributed by atoms with van der Waals surface area (Å²) in [6, 6.07) is 4.47. The summed E-state index contributed by atoms with van der Waals surface area (Å²) >= 11 is 5.12. The molecular formula is C14H16FN3O3S. The largest absolute Gasteiger partial charge is 0.441 e. The quantitative estimate of drug-likeness (QED) is 0.809. The van der Waals surface area contributed by atoms with Gasteiger partial charge in [0.2, 0.25) is 0 Å². The lowest BCUT2D eigenvalue weighted by Crippen LogP contribution is -2.26. The van der Waals surface area contributed by atoms with Crippen molar-refractivity contribution in [2.24, 2.45) is 0 Å². The Hall–Kier alpha value is -1.93. The highest BCUT2D eigenvalue weighted by atomic mass is 32.1. The lowest BCUT2D eigenvalue weighted by atomic mass is 10.1. The van der Waals surface area contributed by atoms with Crippen LogP contribution >= 0.6 is 12.2 Å². The fraction of sp³-hybridized carbons (Fsp3) is 0.429. The summed E-state index contributed by atoms with van der Waals surface area (Å²) in [6.07, 6.45) is -1.15. The van der Waals surface area contributed by atoms with Crippen molar-refractivity contribution in [3.05, 3.63) is 29.6 Å². The van der Waals surface area contributed by atoms with Gasteiger partial charge in [-0.2, -0.15) is 0 Å². The minimum Gasteiger partial charge on any atom is -0.441 e. The average molecular weight is 325 g/mol. The molecule has 3 rings (SSSR count). The number of hydrogen-bond donors (Lipinski definition) is 2. The highest BCUT2D eigenvalue weighted by molar-refractivity contribution is 7.80. The van der Waals surface area contributed by atoms with Crippen LogP contribution in [-0.4, -0.2) is 54.1 Å². The third-order valence-corrected chi connectivity index (χ3v) is 4.40. The fourth-order valence-corrected chi connectivity index (χ4v) is 2.90. The van der Waals surface area contributed by atoms with E-state index in [2.05, 4.69) is 5.32 Å². The van der Waals surface area contributed by atoms with Crippen LogP contribution in [0.15, 0.2) is 18.2 Å². The topological polar surface area (TPSA) is 65.0 Å². The molecule has 2 heterocycles. The van der Waals surface area contributed by atoms with Crippen molar-refractivity contribution in [1.82, 2.24) is 10.2 Å². The number of aliphatic hydroxyl groups excluding tert-OH is 1. The Morgan fingerprint density at radius 2 is 2.32 bits per heavy atom. The van der Waals surface area contributed by atoms with Gasteiger partial charge in [-0.05, 0) is 24.4 Å². The van der Waals surface area contributed by atoms with Crippen molar-refractivity contribution in [2.75, 3.05) is 31.6 Å². The molecule has 0 aromatic heterocycles. The molecule has 2 aliphatic heterocycles. The molecule has 2 N–H and O–H groups in total. The molecule has 0 aliphatic carbocycles. The number of likely N-dealkylation sites (N-methyl/N-ethyl adjacent to an activating group) is 1. The van der Waals surface area contributed by atoms with Crippen LogP contribution in [0.25, 0.3) is 0 Å². The number of amides is 1. The number of nitrogens with zero attached hydrogens (tertiary/aromatic N) is 2. The smallest absolute Gasteiger partial charge is 0.414 e. The summed E-state index contributed by atoms with van der Waals surface area (Å²) in [6.45, 7) is 0.506. The summed E-state index contributed by atoms with van der Waals surface area (Å²) in [4.78, 5) is 14.8. The van der Waals surface area contributed by atoms with Crippen LogP contribution in [0.2, 0.25) is 0 Å². The van der Waals surface area contributed by atoms with Crippen LogP contribution in [-0.2, 0) is 4.74 Å². The molecule has 1 aromatic carbocycles. The fourth-order valence-electron chi connectivity index (χ4n) is 2.69. The van der Waals surface area contributed by atoms with E-state index in [-0.39, 0.29) is 19.2 Å². The van der Waals surface area contributed by atoms with E-state index in [1.807, 2.05) is 7.05 Å². The van der Waals surface area contributed by atoms with Crippen LogP contribution in [0.3, 0.4) is 0 Å². The van der Waals surface area contributed by atoms with Crippen LogP contribution in [0.1, 0.15) is 11.6 Å². The Labute approximate surface area is 132 Å². The van der Waals surface area contributed by atoms with Gasteiger partial charge in [-0.1, -0.05) is 6.07 Å². The molecule has 2 aliphatic rings. The van der Waals surface area contributed by atoms with Gasteiger partial charge in [0.15, 0.2) is 5.11 Å². The number of anilines is 1. The molecule has 118 valence electrons. The molecule has 0 bridgehead atoms. The standard InChI is InChI=1S/C14H16FN3O3S/c1-17-12(5-16-13(17)22)10-3-2-8(4-11(10)15)18-6-9(7-19)21-14(18)20/h2-4,9,12,19H,5-7H2,1H3,(H,16,22)/t9-,12?/m1/s1.